The van der Waals surface area contributed by atoms with Crippen LogP contribution in [0.15, 0.2) is 24.4 Å². The lowest BCUT2D eigenvalue weighted by Crippen LogP contribution is -2.38. The molecule has 1 amide bonds. The third-order valence-electron chi connectivity index (χ3n) is 5.48. The van der Waals surface area contributed by atoms with Crippen LogP contribution in [0.25, 0.3) is 31.8 Å². The van der Waals surface area contributed by atoms with Crippen molar-refractivity contribution in [3.8, 4) is 22.2 Å². The first kappa shape index (κ1) is 23.2. The van der Waals surface area contributed by atoms with Crippen molar-refractivity contribution in [1.29, 1.82) is 0 Å². The third kappa shape index (κ3) is 4.58. The Labute approximate surface area is 205 Å². The Morgan fingerprint density at radius 2 is 2.06 bits per heavy atom. The van der Waals surface area contributed by atoms with Crippen LogP contribution in [0.4, 0.5) is 9.18 Å². The van der Waals surface area contributed by atoms with Gasteiger partial charge in [0, 0.05) is 23.6 Å². The van der Waals surface area contributed by atoms with Crippen molar-refractivity contribution < 1.29 is 23.4 Å². The predicted octanol–water partition coefficient (Wildman–Crippen LogP) is 5.19. The molecule has 182 valence electrons. The zero-order chi connectivity index (χ0) is 24.9. The van der Waals surface area contributed by atoms with E-state index < -0.39 is 23.6 Å². The molecule has 10 heteroatoms. The smallest absolute Gasteiger partial charge is 0.407 e. The molecule has 0 bridgehead atoms. The van der Waals surface area contributed by atoms with Crippen molar-refractivity contribution in [2.75, 3.05) is 13.7 Å². The second-order valence-corrected chi connectivity index (χ2v) is 10.5. The van der Waals surface area contributed by atoms with Crippen LogP contribution in [0.2, 0.25) is 0 Å². The normalized spacial score (nSPS) is 15.2. The number of aryl methyl sites for hydroxylation is 1. The molecule has 35 heavy (non-hydrogen) atoms. The maximum atomic E-state index is 14.9. The Morgan fingerprint density at radius 3 is 2.80 bits per heavy atom. The quantitative estimate of drug-likeness (QED) is 0.415. The summed E-state index contributed by atoms with van der Waals surface area (Å²) in [7, 11) is 1.55. The highest BCUT2D eigenvalue weighted by Gasteiger charge is 2.31. The van der Waals surface area contributed by atoms with E-state index in [1.165, 1.54) is 17.4 Å². The lowest BCUT2D eigenvalue weighted by atomic mass is 10.1. The minimum atomic E-state index is -0.601. The Morgan fingerprint density at radius 1 is 1.26 bits per heavy atom. The van der Waals surface area contributed by atoms with E-state index in [1.807, 2.05) is 19.1 Å². The van der Waals surface area contributed by atoms with Gasteiger partial charge in [-0.15, -0.1) is 11.3 Å². The van der Waals surface area contributed by atoms with Crippen molar-refractivity contribution in [1.82, 2.24) is 20.3 Å². The largest absolute Gasteiger partial charge is 0.485 e. The second-order valence-electron chi connectivity index (χ2n) is 9.45. The molecule has 3 heterocycles. The lowest BCUT2D eigenvalue weighted by Gasteiger charge is -2.20. The number of benzene rings is 2. The molecule has 0 spiro atoms. The summed E-state index contributed by atoms with van der Waals surface area (Å²) in [5.41, 5.74) is 3.94. The minimum absolute atomic E-state index is 0.204. The van der Waals surface area contributed by atoms with Gasteiger partial charge in [-0.2, -0.15) is 0 Å². The first-order chi connectivity index (χ1) is 16.6. The molecule has 0 radical (unpaired) electrons. The van der Waals surface area contributed by atoms with Crippen LogP contribution in [-0.2, 0) is 11.2 Å². The zero-order valence-corrected chi connectivity index (χ0v) is 20.9. The van der Waals surface area contributed by atoms with E-state index in [1.54, 1.807) is 34.1 Å². The summed E-state index contributed by atoms with van der Waals surface area (Å²) in [4.78, 5) is 25.8. The number of halogens is 1. The number of amides is 1. The molecular weight excluding hydrogens is 471 g/mol. The fourth-order valence-corrected chi connectivity index (χ4v) is 5.19. The van der Waals surface area contributed by atoms with E-state index >= 15 is 0 Å². The summed E-state index contributed by atoms with van der Waals surface area (Å²) in [5.74, 6) is 0.173. The van der Waals surface area contributed by atoms with E-state index in [-0.39, 0.29) is 12.3 Å². The van der Waals surface area contributed by atoms with Crippen LogP contribution in [0.1, 0.15) is 31.9 Å². The number of ether oxygens (including phenoxy) is 3. The fraction of sp³-hybridized carbons (Fsp3) is 0.360. The number of carbonyl (C=O) groups is 1. The van der Waals surface area contributed by atoms with Gasteiger partial charge in [0.25, 0.3) is 0 Å². The molecule has 1 aliphatic rings. The molecule has 2 aromatic heterocycles. The second kappa shape index (κ2) is 8.60. The van der Waals surface area contributed by atoms with Gasteiger partial charge in [-0.3, -0.25) is 0 Å². The van der Waals surface area contributed by atoms with Crippen LogP contribution < -0.4 is 14.8 Å². The SMILES string of the molecule is COc1cnc2c(-c3nc4cc(F)c5c(c4s3)C[C@@H](CNC(=O)OC(C)(C)C)O5)cc(C)cc2n1. The van der Waals surface area contributed by atoms with E-state index in [0.29, 0.717) is 28.9 Å². The summed E-state index contributed by atoms with van der Waals surface area (Å²) < 4.78 is 32.1. The van der Waals surface area contributed by atoms with Crippen molar-refractivity contribution in [2.24, 2.45) is 0 Å². The summed E-state index contributed by atoms with van der Waals surface area (Å²) >= 11 is 1.46. The number of nitrogens with one attached hydrogen (secondary N) is 1. The van der Waals surface area contributed by atoms with Gasteiger partial charge in [-0.25, -0.2) is 24.1 Å². The minimum Gasteiger partial charge on any atom is -0.485 e. The molecule has 0 aliphatic carbocycles. The number of aromatic nitrogens is 3. The van der Waals surface area contributed by atoms with E-state index in [2.05, 4.69) is 15.3 Å². The summed E-state index contributed by atoms with van der Waals surface area (Å²) in [5, 5.41) is 3.42. The predicted molar refractivity (Wildman–Crippen MR) is 132 cm³/mol. The van der Waals surface area contributed by atoms with Gasteiger partial charge in [-0.05, 0) is 45.4 Å². The van der Waals surface area contributed by atoms with Gasteiger partial charge >= 0.3 is 6.09 Å². The molecule has 1 aliphatic heterocycles. The van der Waals surface area contributed by atoms with Crippen LogP contribution in [0.3, 0.4) is 0 Å². The van der Waals surface area contributed by atoms with Crippen LogP contribution in [0.5, 0.6) is 11.6 Å². The van der Waals surface area contributed by atoms with Gasteiger partial charge in [0.1, 0.15) is 16.7 Å². The molecule has 1 N–H and O–H groups in total. The Balaban J connectivity index is 1.47. The van der Waals surface area contributed by atoms with Gasteiger partial charge in [0.05, 0.1) is 41.1 Å². The number of fused-ring (bicyclic) bond motifs is 4. The number of rotatable bonds is 4. The number of methoxy groups -OCH3 is 1. The highest BCUT2D eigenvalue weighted by molar-refractivity contribution is 7.22. The highest BCUT2D eigenvalue weighted by atomic mass is 32.1. The van der Waals surface area contributed by atoms with Gasteiger partial charge < -0.3 is 19.5 Å². The maximum Gasteiger partial charge on any atom is 0.407 e. The first-order valence-electron chi connectivity index (χ1n) is 11.2. The first-order valence-corrected chi connectivity index (χ1v) is 12.0. The Bertz CT molecular complexity index is 1460. The van der Waals surface area contributed by atoms with Gasteiger partial charge in [-0.1, -0.05) is 0 Å². The number of alkyl carbamates (subject to hydrolysis) is 1. The van der Waals surface area contributed by atoms with Gasteiger partial charge in [0.15, 0.2) is 11.6 Å². The van der Waals surface area contributed by atoms with Crippen molar-refractivity contribution in [2.45, 2.75) is 45.8 Å². The maximum absolute atomic E-state index is 14.9. The molecule has 5 rings (SSSR count). The van der Waals surface area contributed by atoms with E-state index in [4.69, 9.17) is 19.2 Å². The number of hydrogen-bond acceptors (Lipinski definition) is 8. The monoisotopic (exact) mass is 496 g/mol. The number of nitrogens with zero attached hydrogens (tertiary/aromatic N) is 3. The third-order valence-corrected chi connectivity index (χ3v) is 6.64. The lowest BCUT2D eigenvalue weighted by molar-refractivity contribution is 0.0505. The summed E-state index contributed by atoms with van der Waals surface area (Å²) in [6, 6.07) is 5.33. The average molecular weight is 497 g/mol. The fourth-order valence-electron chi connectivity index (χ4n) is 4.08. The standard InChI is InChI=1S/C25H25FN4O4S/c1-12-6-14(20-17(7-12)29-19(32-5)11-27-20)23-30-18-9-16(26)21-15(22(18)35-23)8-13(33-21)10-28-24(31)34-25(2,3)4/h6-7,9,11,13H,8,10H2,1-5H3,(H,28,31)/t13-/m0/s1. The van der Waals surface area contributed by atoms with Crippen molar-refractivity contribution >= 4 is 38.7 Å². The number of carbonyl (C=O) groups excluding carboxylic acids is 1. The molecule has 8 nitrogen and oxygen atoms in total. The van der Waals surface area contributed by atoms with Crippen LogP contribution in [-0.4, -0.2) is 46.4 Å². The average Bonchev–Trinajstić information content (AvgIpc) is 3.40. The Hall–Kier alpha value is -3.53. The van der Waals surface area contributed by atoms with Crippen LogP contribution >= 0.6 is 11.3 Å². The molecule has 4 aromatic rings. The summed E-state index contributed by atoms with van der Waals surface area (Å²) in [6.07, 6.45) is 1.09. The molecule has 0 unspecified atom stereocenters. The zero-order valence-electron chi connectivity index (χ0n) is 20.1. The molecule has 0 saturated heterocycles. The van der Waals surface area contributed by atoms with E-state index in [9.17, 15) is 9.18 Å². The topological polar surface area (TPSA) is 95.5 Å². The summed E-state index contributed by atoms with van der Waals surface area (Å²) in [6.45, 7) is 7.56. The Kier molecular flexibility index (Phi) is 5.71. The molecular formula is C25H25FN4O4S. The molecule has 1 atom stereocenters. The van der Waals surface area contributed by atoms with Gasteiger partial charge in [0.2, 0.25) is 5.88 Å². The van der Waals surface area contributed by atoms with Crippen molar-refractivity contribution in [3.05, 3.63) is 41.3 Å². The number of thiazole rings is 1. The highest BCUT2D eigenvalue weighted by Crippen LogP contribution is 2.43. The molecule has 0 saturated carbocycles. The molecule has 2 aromatic carbocycles. The van der Waals surface area contributed by atoms with Crippen LogP contribution in [0, 0.1) is 12.7 Å². The van der Waals surface area contributed by atoms with Crippen molar-refractivity contribution in [3.63, 3.8) is 0 Å². The number of hydrogen-bond donors (Lipinski definition) is 1. The van der Waals surface area contributed by atoms with E-state index in [0.717, 1.165) is 26.4 Å². The molecule has 0 fully saturated rings.